The second kappa shape index (κ2) is 7.29. The third-order valence-electron chi connectivity index (χ3n) is 4.18. The molecule has 1 fully saturated rings. The molecule has 0 atom stereocenters. The number of anilines is 2. The van der Waals surface area contributed by atoms with Crippen LogP contribution in [0.15, 0.2) is 18.3 Å². The Morgan fingerprint density at radius 1 is 1.43 bits per heavy atom. The number of rotatable bonds is 6. The molecule has 0 amide bonds. The van der Waals surface area contributed by atoms with E-state index < -0.39 is 5.97 Å². The molecule has 2 rings (SSSR count). The van der Waals surface area contributed by atoms with Gasteiger partial charge in [-0.2, -0.15) is 0 Å². The van der Waals surface area contributed by atoms with Crippen molar-refractivity contribution in [1.29, 1.82) is 0 Å². The van der Waals surface area contributed by atoms with Gasteiger partial charge in [0.2, 0.25) is 0 Å². The maximum atomic E-state index is 10.7. The lowest BCUT2D eigenvalue weighted by molar-refractivity contribution is -0.136. The minimum Gasteiger partial charge on any atom is -0.481 e. The summed E-state index contributed by atoms with van der Waals surface area (Å²) < 4.78 is 0. The summed E-state index contributed by atoms with van der Waals surface area (Å²) in [5.41, 5.74) is 0.993. The summed E-state index contributed by atoms with van der Waals surface area (Å²) in [5, 5.41) is 8.79. The number of nitrogens with zero attached hydrogens (tertiary/aromatic N) is 3. The summed E-state index contributed by atoms with van der Waals surface area (Å²) in [7, 11) is 0. The van der Waals surface area contributed by atoms with Gasteiger partial charge in [0.1, 0.15) is 5.82 Å². The average Bonchev–Trinajstić information content (AvgIpc) is 2.49. The summed E-state index contributed by atoms with van der Waals surface area (Å²) in [4.78, 5) is 19.6. The highest BCUT2D eigenvalue weighted by Crippen LogP contribution is 2.23. The van der Waals surface area contributed by atoms with E-state index in [9.17, 15) is 4.79 Å². The van der Waals surface area contributed by atoms with Gasteiger partial charge in [-0.15, -0.1) is 0 Å². The first kappa shape index (κ1) is 15.6. The molecule has 1 aromatic rings. The maximum absolute atomic E-state index is 10.7. The minimum atomic E-state index is -0.763. The number of carboxylic acid groups (broad SMARTS) is 1. The van der Waals surface area contributed by atoms with E-state index in [0.29, 0.717) is 6.54 Å². The van der Waals surface area contributed by atoms with E-state index in [-0.39, 0.29) is 6.42 Å². The van der Waals surface area contributed by atoms with E-state index in [2.05, 4.69) is 22.9 Å². The Bertz CT molecular complexity index is 453. The third-order valence-corrected chi connectivity index (χ3v) is 4.18. The van der Waals surface area contributed by atoms with Gasteiger partial charge in [-0.05, 0) is 37.8 Å². The molecule has 0 saturated carbocycles. The van der Waals surface area contributed by atoms with Crippen molar-refractivity contribution in [1.82, 2.24) is 4.98 Å². The van der Waals surface area contributed by atoms with E-state index in [1.807, 2.05) is 24.1 Å². The summed E-state index contributed by atoms with van der Waals surface area (Å²) >= 11 is 0. The van der Waals surface area contributed by atoms with Crippen molar-refractivity contribution < 1.29 is 9.90 Å². The zero-order valence-electron chi connectivity index (χ0n) is 13.0. The van der Waals surface area contributed by atoms with Crippen LogP contribution >= 0.6 is 0 Å². The van der Waals surface area contributed by atoms with Crippen LogP contribution in [0.3, 0.4) is 0 Å². The number of pyridine rings is 1. The predicted molar refractivity (Wildman–Crippen MR) is 85.0 cm³/mol. The van der Waals surface area contributed by atoms with Crippen LogP contribution in [0.4, 0.5) is 11.5 Å². The maximum Gasteiger partial charge on any atom is 0.305 e. The molecule has 0 radical (unpaired) electrons. The van der Waals surface area contributed by atoms with Crippen molar-refractivity contribution in [2.24, 2.45) is 5.92 Å². The molecule has 0 unspecified atom stereocenters. The molecule has 1 aliphatic heterocycles. The fraction of sp³-hybridized carbons (Fsp3) is 0.625. The Morgan fingerprint density at radius 3 is 2.67 bits per heavy atom. The molecule has 5 nitrogen and oxygen atoms in total. The SMILES string of the molecule is CCN(CCC(=O)O)c1ccc(N2CCC(C)CC2)nc1. The summed E-state index contributed by atoms with van der Waals surface area (Å²) in [5.74, 6) is 1.08. The Morgan fingerprint density at radius 2 is 2.14 bits per heavy atom. The van der Waals surface area contributed by atoms with Gasteiger partial charge in [0.25, 0.3) is 0 Å². The van der Waals surface area contributed by atoms with Crippen molar-refractivity contribution in [3.63, 3.8) is 0 Å². The van der Waals surface area contributed by atoms with Crippen molar-refractivity contribution in [3.05, 3.63) is 18.3 Å². The highest BCUT2D eigenvalue weighted by atomic mass is 16.4. The van der Waals surface area contributed by atoms with Gasteiger partial charge < -0.3 is 14.9 Å². The number of aromatic nitrogens is 1. The van der Waals surface area contributed by atoms with Crippen LogP contribution in [0.1, 0.15) is 33.1 Å². The van der Waals surface area contributed by atoms with Crippen molar-refractivity contribution in [2.75, 3.05) is 36.0 Å². The minimum absolute atomic E-state index is 0.152. The van der Waals surface area contributed by atoms with Crippen LogP contribution in [0.2, 0.25) is 0 Å². The van der Waals surface area contributed by atoms with Crippen LogP contribution in [0.5, 0.6) is 0 Å². The fourth-order valence-electron chi connectivity index (χ4n) is 2.69. The Balaban J connectivity index is 1.98. The molecule has 5 heteroatoms. The van der Waals surface area contributed by atoms with Gasteiger partial charge in [0.15, 0.2) is 0 Å². The Hall–Kier alpha value is -1.78. The number of carbonyl (C=O) groups is 1. The zero-order valence-corrected chi connectivity index (χ0v) is 13.0. The van der Waals surface area contributed by atoms with E-state index >= 15 is 0 Å². The molecule has 1 aliphatic rings. The molecule has 0 aliphatic carbocycles. The lowest BCUT2D eigenvalue weighted by Gasteiger charge is -2.31. The molecule has 2 heterocycles. The highest BCUT2D eigenvalue weighted by Gasteiger charge is 2.17. The molecule has 0 bridgehead atoms. The van der Waals surface area contributed by atoms with E-state index in [1.165, 1.54) is 12.8 Å². The van der Waals surface area contributed by atoms with Gasteiger partial charge in [0, 0.05) is 26.2 Å². The van der Waals surface area contributed by atoms with E-state index in [1.54, 1.807) is 0 Å². The summed E-state index contributed by atoms with van der Waals surface area (Å²) in [6.07, 6.45) is 4.46. The van der Waals surface area contributed by atoms with Crippen LogP contribution in [0.25, 0.3) is 0 Å². The normalized spacial score (nSPS) is 16.0. The lowest BCUT2D eigenvalue weighted by atomic mass is 9.99. The largest absolute Gasteiger partial charge is 0.481 e. The molecule has 1 aromatic heterocycles. The van der Waals surface area contributed by atoms with Gasteiger partial charge in [-0.25, -0.2) is 4.98 Å². The zero-order chi connectivity index (χ0) is 15.2. The summed E-state index contributed by atoms with van der Waals surface area (Å²) in [6, 6.07) is 4.10. The topological polar surface area (TPSA) is 56.7 Å². The molecule has 116 valence electrons. The molecule has 1 saturated heterocycles. The fourth-order valence-corrected chi connectivity index (χ4v) is 2.69. The number of aliphatic carboxylic acids is 1. The van der Waals surface area contributed by atoms with Crippen molar-refractivity contribution in [3.8, 4) is 0 Å². The molecular weight excluding hydrogens is 266 g/mol. The van der Waals surface area contributed by atoms with Gasteiger partial charge in [-0.3, -0.25) is 4.79 Å². The smallest absolute Gasteiger partial charge is 0.305 e. The van der Waals surface area contributed by atoms with Gasteiger partial charge in [-0.1, -0.05) is 6.92 Å². The second-order valence-corrected chi connectivity index (χ2v) is 5.77. The number of piperidine rings is 1. The van der Waals surface area contributed by atoms with E-state index in [0.717, 1.165) is 37.1 Å². The quantitative estimate of drug-likeness (QED) is 0.873. The second-order valence-electron chi connectivity index (χ2n) is 5.77. The van der Waals surface area contributed by atoms with Crippen LogP contribution in [-0.2, 0) is 4.79 Å². The average molecular weight is 291 g/mol. The highest BCUT2D eigenvalue weighted by molar-refractivity contribution is 5.67. The first-order chi connectivity index (χ1) is 10.1. The number of carboxylic acids is 1. The molecular formula is C16H25N3O2. The van der Waals surface area contributed by atoms with Crippen molar-refractivity contribution >= 4 is 17.5 Å². The molecule has 21 heavy (non-hydrogen) atoms. The van der Waals surface area contributed by atoms with Crippen LogP contribution < -0.4 is 9.80 Å². The van der Waals surface area contributed by atoms with Crippen LogP contribution in [-0.4, -0.2) is 42.2 Å². The standard InChI is InChI=1S/C16H25N3O2/c1-3-18(11-8-16(20)21)14-4-5-15(17-12-14)19-9-6-13(2)7-10-19/h4-5,12-13H,3,6-11H2,1-2H3,(H,20,21). The van der Waals surface area contributed by atoms with E-state index in [4.69, 9.17) is 5.11 Å². The Labute approximate surface area is 126 Å². The third kappa shape index (κ3) is 4.34. The first-order valence-electron chi connectivity index (χ1n) is 7.78. The first-order valence-corrected chi connectivity index (χ1v) is 7.78. The van der Waals surface area contributed by atoms with Gasteiger partial charge >= 0.3 is 5.97 Å². The monoisotopic (exact) mass is 291 g/mol. The predicted octanol–water partition coefficient (Wildman–Crippen LogP) is 2.62. The van der Waals surface area contributed by atoms with Crippen LogP contribution in [0, 0.1) is 5.92 Å². The molecule has 0 spiro atoms. The summed E-state index contributed by atoms with van der Waals surface area (Å²) in [6.45, 7) is 7.79. The Kier molecular flexibility index (Phi) is 5.42. The lowest BCUT2D eigenvalue weighted by Crippen LogP contribution is -2.33. The number of hydrogen-bond acceptors (Lipinski definition) is 4. The van der Waals surface area contributed by atoms with Gasteiger partial charge in [0.05, 0.1) is 18.3 Å². The van der Waals surface area contributed by atoms with Crippen molar-refractivity contribution in [2.45, 2.75) is 33.1 Å². The molecule has 0 aromatic carbocycles. The number of hydrogen-bond donors (Lipinski definition) is 1. The molecule has 1 N–H and O–H groups in total.